The third-order valence-electron chi connectivity index (χ3n) is 4.38. The summed E-state index contributed by atoms with van der Waals surface area (Å²) in [5.74, 6) is -0.0263. The Morgan fingerprint density at radius 3 is 2.61 bits per heavy atom. The predicted octanol–water partition coefficient (Wildman–Crippen LogP) is 3.68. The first-order chi connectivity index (χ1) is 11.1. The van der Waals surface area contributed by atoms with Crippen LogP contribution in [0.25, 0.3) is 0 Å². The summed E-state index contributed by atoms with van der Waals surface area (Å²) in [5, 5.41) is 3.46. The van der Waals surface area contributed by atoms with Gasteiger partial charge in [-0.2, -0.15) is 0 Å². The SMILES string of the molecule is C[C@H](NC1CCN(c2ccccn2)CC1)c1ccc(F)cc1F. The maximum Gasteiger partial charge on any atom is 0.130 e. The lowest BCUT2D eigenvalue weighted by molar-refractivity contribution is 0.374. The fourth-order valence-electron chi connectivity index (χ4n) is 3.11. The first-order valence-electron chi connectivity index (χ1n) is 8.00. The lowest BCUT2D eigenvalue weighted by Crippen LogP contribution is -2.43. The van der Waals surface area contributed by atoms with Gasteiger partial charge in [-0.1, -0.05) is 12.1 Å². The van der Waals surface area contributed by atoms with Gasteiger partial charge in [0.2, 0.25) is 0 Å². The van der Waals surface area contributed by atoms with Gasteiger partial charge in [0.05, 0.1) is 0 Å². The molecular weight excluding hydrogens is 296 g/mol. The van der Waals surface area contributed by atoms with Crippen molar-refractivity contribution in [1.82, 2.24) is 10.3 Å². The van der Waals surface area contributed by atoms with Crippen LogP contribution < -0.4 is 10.2 Å². The molecule has 1 saturated heterocycles. The Bertz CT molecular complexity index is 640. The molecule has 1 aliphatic heterocycles. The zero-order valence-corrected chi connectivity index (χ0v) is 13.2. The quantitative estimate of drug-likeness (QED) is 0.932. The van der Waals surface area contributed by atoms with Gasteiger partial charge in [0.15, 0.2) is 0 Å². The number of benzene rings is 1. The molecule has 0 radical (unpaired) electrons. The van der Waals surface area contributed by atoms with Gasteiger partial charge >= 0.3 is 0 Å². The van der Waals surface area contributed by atoms with Crippen LogP contribution in [0, 0.1) is 11.6 Å². The number of nitrogens with zero attached hydrogens (tertiary/aromatic N) is 2. The minimum absolute atomic E-state index is 0.137. The number of nitrogens with one attached hydrogen (secondary N) is 1. The molecule has 3 nitrogen and oxygen atoms in total. The molecule has 2 heterocycles. The van der Waals surface area contributed by atoms with E-state index in [-0.39, 0.29) is 6.04 Å². The summed E-state index contributed by atoms with van der Waals surface area (Å²) in [6.07, 6.45) is 3.76. The van der Waals surface area contributed by atoms with Crippen LogP contribution >= 0.6 is 0 Å². The van der Waals surface area contributed by atoms with E-state index in [1.165, 1.54) is 12.1 Å². The van der Waals surface area contributed by atoms with Crippen molar-refractivity contribution in [2.24, 2.45) is 0 Å². The summed E-state index contributed by atoms with van der Waals surface area (Å²) >= 11 is 0. The van der Waals surface area contributed by atoms with Crippen molar-refractivity contribution in [3.63, 3.8) is 0 Å². The molecule has 0 aliphatic carbocycles. The van der Waals surface area contributed by atoms with E-state index in [9.17, 15) is 8.78 Å². The number of piperidine rings is 1. The predicted molar refractivity (Wildman–Crippen MR) is 87.4 cm³/mol. The summed E-state index contributed by atoms with van der Waals surface area (Å²) in [6, 6.07) is 9.88. The van der Waals surface area contributed by atoms with E-state index in [0.717, 1.165) is 37.8 Å². The first-order valence-corrected chi connectivity index (χ1v) is 8.00. The second-order valence-corrected chi connectivity index (χ2v) is 6.00. The van der Waals surface area contributed by atoms with Crippen molar-refractivity contribution in [2.75, 3.05) is 18.0 Å². The molecule has 1 fully saturated rings. The van der Waals surface area contributed by atoms with Crippen LogP contribution in [0.4, 0.5) is 14.6 Å². The molecule has 1 aliphatic rings. The van der Waals surface area contributed by atoms with Crippen LogP contribution in [-0.4, -0.2) is 24.1 Å². The second kappa shape index (κ2) is 7.04. The van der Waals surface area contributed by atoms with Crippen LogP contribution in [0.15, 0.2) is 42.6 Å². The van der Waals surface area contributed by atoms with Gasteiger partial charge in [-0.15, -0.1) is 0 Å². The third-order valence-corrected chi connectivity index (χ3v) is 4.38. The monoisotopic (exact) mass is 317 g/mol. The molecule has 1 atom stereocenters. The second-order valence-electron chi connectivity index (χ2n) is 6.00. The highest BCUT2D eigenvalue weighted by Crippen LogP contribution is 2.22. The summed E-state index contributed by atoms with van der Waals surface area (Å²) in [7, 11) is 0. The molecular formula is C18H21F2N3. The van der Waals surface area contributed by atoms with Crippen LogP contribution in [-0.2, 0) is 0 Å². The number of halogens is 2. The molecule has 0 bridgehead atoms. The van der Waals surface area contributed by atoms with Crippen molar-refractivity contribution in [3.05, 3.63) is 59.8 Å². The number of aromatic nitrogens is 1. The summed E-state index contributed by atoms with van der Waals surface area (Å²) in [6.45, 7) is 3.77. The molecule has 1 aromatic heterocycles. The van der Waals surface area contributed by atoms with Crippen molar-refractivity contribution >= 4 is 5.82 Å². The smallest absolute Gasteiger partial charge is 0.130 e. The molecule has 0 amide bonds. The van der Waals surface area contributed by atoms with E-state index in [4.69, 9.17) is 0 Å². The van der Waals surface area contributed by atoms with Gasteiger partial charge in [-0.05, 0) is 38.0 Å². The summed E-state index contributed by atoms with van der Waals surface area (Å²) < 4.78 is 26.8. The van der Waals surface area contributed by atoms with Gasteiger partial charge in [-0.25, -0.2) is 13.8 Å². The lowest BCUT2D eigenvalue weighted by atomic mass is 10.0. The zero-order chi connectivity index (χ0) is 16.2. The third kappa shape index (κ3) is 3.85. The molecule has 1 N–H and O–H groups in total. The van der Waals surface area contributed by atoms with Crippen molar-refractivity contribution in [3.8, 4) is 0 Å². The molecule has 0 unspecified atom stereocenters. The van der Waals surface area contributed by atoms with Gasteiger partial charge in [-0.3, -0.25) is 0 Å². The average molecular weight is 317 g/mol. The molecule has 122 valence electrons. The zero-order valence-electron chi connectivity index (χ0n) is 13.2. The molecule has 5 heteroatoms. The largest absolute Gasteiger partial charge is 0.357 e. The van der Waals surface area contributed by atoms with E-state index < -0.39 is 11.6 Å². The Hall–Kier alpha value is -2.01. The number of pyridine rings is 1. The fraction of sp³-hybridized carbons (Fsp3) is 0.389. The van der Waals surface area contributed by atoms with Crippen molar-refractivity contribution in [2.45, 2.75) is 31.8 Å². The van der Waals surface area contributed by atoms with Crippen LogP contribution in [0.1, 0.15) is 31.4 Å². The Morgan fingerprint density at radius 2 is 1.96 bits per heavy atom. The highest BCUT2D eigenvalue weighted by atomic mass is 19.1. The van der Waals surface area contributed by atoms with E-state index in [0.29, 0.717) is 11.6 Å². The highest BCUT2D eigenvalue weighted by molar-refractivity contribution is 5.38. The minimum atomic E-state index is -0.540. The summed E-state index contributed by atoms with van der Waals surface area (Å²) in [5.41, 5.74) is 0.513. The Labute approximate surface area is 135 Å². The van der Waals surface area contributed by atoms with Crippen LogP contribution in [0.5, 0.6) is 0 Å². The van der Waals surface area contributed by atoms with Crippen molar-refractivity contribution in [1.29, 1.82) is 0 Å². The molecule has 0 spiro atoms. The van der Waals surface area contributed by atoms with Gasteiger partial charge in [0.1, 0.15) is 17.5 Å². The lowest BCUT2D eigenvalue weighted by Gasteiger charge is -2.34. The molecule has 0 saturated carbocycles. The van der Waals surface area contributed by atoms with Crippen LogP contribution in [0.3, 0.4) is 0 Å². The maximum atomic E-state index is 13.8. The minimum Gasteiger partial charge on any atom is -0.357 e. The molecule has 2 aromatic rings. The number of anilines is 1. The van der Waals surface area contributed by atoms with E-state index in [1.54, 1.807) is 6.20 Å². The summed E-state index contributed by atoms with van der Waals surface area (Å²) in [4.78, 5) is 6.64. The molecule has 3 rings (SSSR count). The van der Waals surface area contributed by atoms with Gasteiger partial charge < -0.3 is 10.2 Å². The average Bonchev–Trinajstić information content (AvgIpc) is 2.56. The molecule has 23 heavy (non-hydrogen) atoms. The van der Waals surface area contributed by atoms with Crippen LogP contribution in [0.2, 0.25) is 0 Å². The maximum absolute atomic E-state index is 13.8. The topological polar surface area (TPSA) is 28.2 Å². The number of hydrogen-bond acceptors (Lipinski definition) is 3. The number of rotatable bonds is 4. The number of hydrogen-bond donors (Lipinski definition) is 1. The first kappa shape index (κ1) is 15.9. The van der Waals surface area contributed by atoms with Gasteiger partial charge in [0.25, 0.3) is 0 Å². The Morgan fingerprint density at radius 1 is 1.17 bits per heavy atom. The standard InChI is InChI=1S/C18H21F2N3/c1-13(16-6-5-14(19)12-17(16)20)22-15-7-10-23(11-8-15)18-4-2-3-9-21-18/h2-6,9,12-13,15,22H,7-8,10-11H2,1H3/t13-/m0/s1. The van der Waals surface area contributed by atoms with E-state index in [2.05, 4.69) is 15.2 Å². The van der Waals surface area contributed by atoms with E-state index >= 15 is 0 Å². The molecule has 1 aromatic carbocycles. The Balaban J connectivity index is 1.56. The normalized spacial score (nSPS) is 17.3. The Kier molecular flexibility index (Phi) is 4.86. The highest BCUT2D eigenvalue weighted by Gasteiger charge is 2.22. The van der Waals surface area contributed by atoms with Gasteiger partial charge in [0, 0.05) is 43.0 Å². The fourth-order valence-corrected chi connectivity index (χ4v) is 3.11. The van der Waals surface area contributed by atoms with E-state index in [1.807, 2.05) is 25.1 Å². The van der Waals surface area contributed by atoms with Crippen molar-refractivity contribution < 1.29 is 8.78 Å².